The van der Waals surface area contributed by atoms with Crippen molar-refractivity contribution in [1.29, 1.82) is 0 Å². The molecule has 3 N–H and O–H groups in total. The van der Waals surface area contributed by atoms with Gasteiger partial charge in [0.25, 0.3) is 5.69 Å². The number of hydrogen-bond acceptors (Lipinski definition) is 6. The topological polar surface area (TPSA) is 139 Å². The number of hydrogen-bond donors (Lipinski definition) is 3. The van der Waals surface area contributed by atoms with Crippen molar-refractivity contribution < 1.29 is 23.2 Å². The Kier molecular flexibility index (Phi) is 7.14. The van der Waals surface area contributed by atoms with Gasteiger partial charge in [-0.15, -0.1) is 0 Å². The molecule has 0 saturated heterocycles. The van der Waals surface area contributed by atoms with E-state index in [1.54, 1.807) is 0 Å². The molecule has 1 fully saturated rings. The number of nitro benzene ring substituents is 1. The van der Waals surface area contributed by atoms with E-state index in [0.717, 1.165) is 31.7 Å². The minimum absolute atomic E-state index is 0.0583. The fourth-order valence-electron chi connectivity index (χ4n) is 3.11. The van der Waals surface area contributed by atoms with E-state index in [4.69, 9.17) is 5.11 Å². The van der Waals surface area contributed by atoms with Crippen LogP contribution in [0.15, 0.2) is 23.1 Å². The number of carboxylic acids is 1. The first kappa shape index (κ1) is 21.1. The number of benzene rings is 1. The van der Waals surface area contributed by atoms with Gasteiger partial charge in [0.2, 0.25) is 10.0 Å². The van der Waals surface area contributed by atoms with Crippen molar-refractivity contribution in [2.24, 2.45) is 5.92 Å². The SMILES string of the molecule is CC1CCC(NS(=O)(=O)c2ccc(NCCCC(=O)O)c([N+](=O)[O-])c2)CC1. The highest BCUT2D eigenvalue weighted by Gasteiger charge is 2.26. The average molecular weight is 399 g/mol. The van der Waals surface area contributed by atoms with Gasteiger partial charge in [-0.3, -0.25) is 14.9 Å². The molecule has 2 rings (SSSR count). The zero-order valence-corrected chi connectivity index (χ0v) is 16.0. The summed E-state index contributed by atoms with van der Waals surface area (Å²) in [7, 11) is -3.85. The molecule has 0 aromatic heterocycles. The Balaban J connectivity index is 2.11. The van der Waals surface area contributed by atoms with E-state index in [-0.39, 0.29) is 35.3 Å². The number of nitrogens with zero attached hydrogens (tertiary/aromatic N) is 1. The van der Waals surface area contributed by atoms with Crippen LogP contribution in [0.1, 0.15) is 45.4 Å². The Labute approximate surface area is 158 Å². The van der Waals surface area contributed by atoms with E-state index in [9.17, 15) is 23.3 Å². The summed E-state index contributed by atoms with van der Waals surface area (Å²) in [5.41, 5.74) is -0.193. The molecular weight excluding hydrogens is 374 g/mol. The second-order valence-electron chi connectivity index (χ2n) is 6.94. The van der Waals surface area contributed by atoms with Gasteiger partial charge < -0.3 is 10.4 Å². The largest absolute Gasteiger partial charge is 0.481 e. The van der Waals surface area contributed by atoms with Crippen LogP contribution >= 0.6 is 0 Å². The van der Waals surface area contributed by atoms with Crippen molar-refractivity contribution in [2.75, 3.05) is 11.9 Å². The molecule has 0 heterocycles. The van der Waals surface area contributed by atoms with Crippen LogP contribution in [0.25, 0.3) is 0 Å². The lowest BCUT2D eigenvalue weighted by atomic mass is 9.88. The van der Waals surface area contributed by atoms with Crippen molar-refractivity contribution in [1.82, 2.24) is 4.72 Å². The highest BCUT2D eigenvalue weighted by molar-refractivity contribution is 7.89. The Bertz CT molecular complexity index is 788. The standard InChI is InChI=1S/C17H25N3O6S/c1-12-4-6-13(7-5-12)19-27(25,26)14-8-9-15(16(11-14)20(23)24)18-10-2-3-17(21)22/h8-9,11-13,18-19H,2-7,10H2,1H3,(H,21,22). The predicted molar refractivity (Wildman–Crippen MR) is 100 cm³/mol. The minimum atomic E-state index is -3.85. The van der Waals surface area contributed by atoms with Crippen molar-refractivity contribution >= 4 is 27.4 Å². The summed E-state index contributed by atoms with van der Waals surface area (Å²) < 4.78 is 27.8. The van der Waals surface area contributed by atoms with E-state index < -0.39 is 20.9 Å². The molecule has 0 spiro atoms. The molecule has 10 heteroatoms. The Hall–Kier alpha value is -2.20. The molecule has 9 nitrogen and oxygen atoms in total. The normalized spacial score (nSPS) is 20.2. The Morgan fingerprint density at radius 2 is 1.96 bits per heavy atom. The summed E-state index contributed by atoms with van der Waals surface area (Å²) >= 11 is 0. The predicted octanol–water partition coefficient (Wildman–Crippen LogP) is 2.73. The van der Waals surface area contributed by atoms with Gasteiger partial charge >= 0.3 is 5.97 Å². The van der Waals surface area contributed by atoms with Crippen LogP contribution < -0.4 is 10.0 Å². The van der Waals surface area contributed by atoms with E-state index in [2.05, 4.69) is 17.0 Å². The van der Waals surface area contributed by atoms with Crippen molar-refractivity contribution in [3.63, 3.8) is 0 Å². The summed E-state index contributed by atoms with van der Waals surface area (Å²) in [5, 5.41) is 22.7. The van der Waals surface area contributed by atoms with Gasteiger partial charge in [0.05, 0.1) is 9.82 Å². The highest BCUT2D eigenvalue weighted by Crippen LogP contribution is 2.29. The number of carboxylic acid groups (broad SMARTS) is 1. The molecule has 27 heavy (non-hydrogen) atoms. The fourth-order valence-corrected chi connectivity index (χ4v) is 4.43. The number of rotatable bonds is 9. The molecule has 0 bridgehead atoms. The maximum Gasteiger partial charge on any atom is 0.303 e. The molecular formula is C17H25N3O6S. The first-order valence-corrected chi connectivity index (χ1v) is 10.4. The molecule has 0 atom stereocenters. The molecule has 1 aliphatic rings. The third-order valence-electron chi connectivity index (χ3n) is 4.70. The quantitative estimate of drug-likeness (QED) is 0.329. The van der Waals surface area contributed by atoms with Gasteiger partial charge in [0.15, 0.2) is 0 Å². The minimum Gasteiger partial charge on any atom is -0.481 e. The molecule has 150 valence electrons. The maximum absolute atomic E-state index is 12.6. The summed E-state index contributed by atoms with van der Waals surface area (Å²) in [6, 6.07) is 3.54. The molecule has 1 aromatic carbocycles. The summed E-state index contributed by atoms with van der Waals surface area (Å²) in [4.78, 5) is 21.0. The smallest absolute Gasteiger partial charge is 0.303 e. The van der Waals surface area contributed by atoms with Gasteiger partial charge in [-0.05, 0) is 50.2 Å². The zero-order chi connectivity index (χ0) is 20.0. The van der Waals surface area contributed by atoms with Crippen LogP contribution in [0.3, 0.4) is 0 Å². The number of anilines is 1. The van der Waals surface area contributed by atoms with E-state index in [0.29, 0.717) is 12.3 Å². The average Bonchev–Trinajstić information content (AvgIpc) is 2.60. The third-order valence-corrected chi connectivity index (χ3v) is 6.21. The zero-order valence-electron chi connectivity index (χ0n) is 15.2. The molecule has 0 amide bonds. The van der Waals surface area contributed by atoms with Crippen LogP contribution in [0.5, 0.6) is 0 Å². The monoisotopic (exact) mass is 399 g/mol. The first-order chi connectivity index (χ1) is 12.7. The van der Waals surface area contributed by atoms with E-state index in [1.807, 2.05) is 0 Å². The van der Waals surface area contributed by atoms with Crippen LogP contribution in [0.2, 0.25) is 0 Å². The fraction of sp³-hybridized carbons (Fsp3) is 0.588. The molecule has 1 aliphatic carbocycles. The first-order valence-electron chi connectivity index (χ1n) is 8.95. The lowest BCUT2D eigenvalue weighted by Gasteiger charge is -2.26. The second kappa shape index (κ2) is 9.14. The Morgan fingerprint density at radius 3 is 2.56 bits per heavy atom. The van der Waals surface area contributed by atoms with Crippen LogP contribution in [-0.2, 0) is 14.8 Å². The lowest BCUT2D eigenvalue weighted by molar-refractivity contribution is -0.384. The van der Waals surface area contributed by atoms with Crippen LogP contribution in [-0.4, -0.2) is 37.0 Å². The second-order valence-corrected chi connectivity index (χ2v) is 8.65. The van der Waals surface area contributed by atoms with Gasteiger partial charge in [-0.1, -0.05) is 6.92 Å². The third kappa shape index (κ3) is 6.17. The summed E-state index contributed by atoms with van der Waals surface area (Å²) in [5.74, 6) is -0.366. The summed E-state index contributed by atoms with van der Waals surface area (Å²) in [6.07, 6.45) is 3.65. The number of carbonyl (C=O) groups is 1. The molecule has 0 aliphatic heterocycles. The van der Waals surface area contributed by atoms with Gasteiger partial charge in [-0.2, -0.15) is 0 Å². The van der Waals surface area contributed by atoms with Crippen LogP contribution in [0, 0.1) is 16.0 Å². The van der Waals surface area contributed by atoms with Gasteiger partial charge in [-0.25, -0.2) is 13.1 Å². The molecule has 0 radical (unpaired) electrons. The van der Waals surface area contributed by atoms with Gasteiger partial charge in [0, 0.05) is 25.1 Å². The van der Waals surface area contributed by atoms with E-state index >= 15 is 0 Å². The lowest BCUT2D eigenvalue weighted by Crippen LogP contribution is -2.37. The van der Waals surface area contributed by atoms with Crippen LogP contribution in [0.4, 0.5) is 11.4 Å². The van der Waals surface area contributed by atoms with E-state index in [1.165, 1.54) is 12.1 Å². The summed E-state index contributed by atoms with van der Waals surface area (Å²) in [6.45, 7) is 2.37. The van der Waals surface area contributed by atoms with Crippen molar-refractivity contribution in [3.05, 3.63) is 28.3 Å². The maximum atomic E-state index is 12.6. The van der Waals surface area contributed by atoms with Crippen molar-refractivity contribution in [2.45, 2.75) is 56.4 Å². The number of nitro groups is 1. The highest BCUT2D eigenvalue weighted by atomic mass is 32.2. The molecule has 0 unspecified atom stereocenters. The number of aliphatic carboxylic acids is 1. The molecule has 1 saturated carbocycles. The molecule has 1 aromatic rings. The number of sulfonamides is 1. The number of nitrogens with one attached hydrogen (secondary N) is 2. The van der Waals surface area contributed by atoms with Crippen molar-refractivity contribution in [3.8, 4) is 0 Å². The van der Waals surface area contributed by atoms with Gasteiger partial charge in [0.1, 0.15) is 5.69 Å². The Morgan fingerprint density at radius 1 is 1.30 bits per heavy atom.